The van der Waals surface area contributed by atoms with Crippen LogP contribution in [0.25, 0.3) is 0 Å². The highest BCUT2D eigenvalue weighted by Gasteiger charge is 2.27. The second-order valence-corrected chi connectivity index (χ2v) is 5.70. The molecule has 3 N–H and O–H groups in total. The third-order valence-corrected chi connectivity index (χ3v) is 4.09. The number of nitrogens with one attached hydrogen (secondary N) is 1. The Balaban J connectivity index is 0.00000192. The zero-order chi connectivity index (χ0) is 15.7. The maximum atomic E-state index is 14.1. The summed E-state index contributed by atoms with van der Waals surface area (Å²) in [4.78, 5) is 27.3. The van der Waals surface area contributed by atoms with Crippen molar-refractivity contribution in [2.75, 3.05) is 31.1 Å². The van der Waals surface area contributed by atoms with Crippen LogP contribution in [0, 0.1) is 5.82 Å². The van der Waals surface area contributed by atoms with Crippen molar-refractivity contribution in [1.29, 1.82) is 0 Å². The number of hydrogen-bond donors (Lipinski definition) is 2. The van der Waals surface area contributed by atoms with Gasteiger partial charge in [0, 0.05) is 37.9 Å². The fourth-order valence-corrected chi connectivity index (χ4v) is 2.93. The van der Waals surface area contributed by atoms with Gasteiger partial charge in [-0.05, 0) is 31.0 Å². The molecule has 2 aliphatic heterocycles. The summed E-state index contributed by atoms with van der Waals surface area (Å²) in [6.45, 7) is 2.07. The standard InChI is InChI=1S/C15H19FN4O2.ClH/c16-13-4-3-11(20-7-5-18-15(20)22)8-12(13)14(21)19-6-1-2-10(17)9-19;/h3-4,8,10H,1-2,5-7,9,17H2,(H,18,22);1H. The fourth-order valence-electron chi connectivity index (χ4n) is 2.93. The van der Waals surface area contributed by atoms with Gasteiger partial charge in [0.15, 0.2) is 0 Å². The summed E-state index contributed by atoms with van der Waals surface area (Å²) in [5.41, 5.74) is 6.40. The molecule has 2 aliphatic rings. The molecule has 1 atom stereocenters. The van der Waals surface area contributed by atoms with Crippen molar-refractivity contribution >= 4 is 30.0 Å². The molecule has 6 nitrogen and oxygen atoms in total. The largest absolute Gasteiger partial charge is 0.337 e. The highest BCUT2D eigenvalue weighted by molar-refractivity contribution is 5.98. The van der Waals surface area contributed by atoms with Crippen molar-refractivity contribution in [3.8, 4) is 0 Å². The Hall–Kier alpha value is -1.86. The Labute approximate surface area is 140 Å². The lowest BCUT2D eigenvalue weighted by Crippen LogP contribution is -2.46. The molecular formula is C15H20ClFN4O2. The zero-order valence-electron chi connectivity index (χ0n) is 12.6. The van der Waals surface area contributed by atoms with E-state index in [4.69, 9.17) is 5.73 Å². The number of anilines is 1. The molecule has 3 rings (SSSR count). The van der Waals surface area contributed by atoms with Gasteiger partial charge in [-0.1, -0.05) is 0 Å². The van der Waals surface area contributed by atoms with Gasteiger partial charge >= 0.3 is 6.03 Å². The minimum Gasteiger partial charge on any atom is -0.337 e. The van der Waals surface area contributed by atoms with Crippen LogP contribution in [0.3, 0.4) is 0 Å². The van der Waals surface area contributed by atoms with Gasteiger partial charge in [0.05, 0.1) is 5.56 Å². The third-order valence-electron chi connectivity index (χ3n) is 4.09. The van der Waals surface area contributed by atoms with Crippen molar-refractivity contribution in [2.24, 2.45) is 5.73 Å². The minimum absolute atomic E-state index is 0. The van der Waals surface area contributed by atoms with E-state index in [0.29, 0.717) is 31.9 Å². The van der Waals surface area contributed by atoms with Gasteiger partial charge in [0.25, 0.3) is 5.91 Å². The van der Waals surface area contributed by atoms with E-state index < -0.39 is 5.82 Å². The quantitative estimate of drug-likeness (QED) is 0.851. The summed E-state index contributed by atoms with van der Waals surface area (Å²) >= 11 is 0. The molecule has 2 heterocycles. The second-order valence-electron chi connectivity index (χ2n) is 5.70. The van der Waals surface area contributed by atoms with Crippen LogP contribution in [-0.2, 0) is 0 Å². The molecule has 0 saturated carbocycles. The number of likely N-dealkylation sites (tertiary alicyclic amines) is 1. The van der Waals surface area contributed by atoms with E-state index in [1.54, 1.807) is 4.90 Å². The average Bonchev–Trinajstić information content (AvgIpc) is 2.93. The Morgan fingerprint density at radius 2 is 2.13 bits per heavy atom. The molecule has 126 valence electrons. The maximum absolute atomic E-state index is 14.1. The molecule has 0 bridgehead atoms. The molecular weight excluding hydrogens is 323 g/mol. The normalized spacial score (nSPS) is 21.0. The van der Waals surface area contributed by atoms with E-state index in [1.807, 2.05) is 0 Å². The number of nitrogens with zero attached hydrogens (tertiary/aromatic N) is 2. The first kappa shape index (κ1) is 17.5. The number of hydrogen-bond acceptors (Lipinski definition) is 3. The van der Waals surface area contributed by atoms with Crippen LogP contribution in [0.1, 0.15) is 23.2 Å². The predicted octanol–water partition coefficient (Wildman–Crippen LogP) is 1.34. The molecule has 23 heavy (non-hydrogen) atoms. The molecule has 0 spiro atoms. The Bertz CT molecular complexity index is 613. The number of carbonyl (C=O) groups excluding carboxylic acids is 2. The minimum atomic E-state index is -0.576. The topological polar surface area (TPSA) is 78.7 Å². The first-order valence-electron chi connectivity index (χ1n) is 7.46. The van der Waals surface area contributed by atoms with E-state index in [1.165, 1.54) is 23.1 Å². The van der Waals surface area contributed by atoms with Gasteiger partial charge in [0.2, 0.25) is 0 Å². The molecule has 1 unspecified atom stereocenters. The van der Waals surface area contributed by atoms with Gasteiger partial charge in [0.1, 0.15) is 5.82 Å². The number of amides is 3. The van der Waals surface area contributed by atoms with E-state index >= 15 is 0 Å². The smallest absolute Gasteiger partial charge is 0.321 e. The predicted molar refractivity (Wildman–Crippen MR) is 87.5 cm³/mol. The maximum Gasteiger partial charge on any atom is 0.321 e. The van der Waals surface area contributed by atoms with Crippen LogP contribution in [0.4, 0.5) is 14.9 Å². The second kappa shape index (κ2) is 7.14. The lowest BCUT2D eigenvalue weighted by Gasteiger charge is -2.31. The SMILES string of the molecule is Cl.NC1CCCN(C(=O)c2cc(N3CCNC3=O)ccc2F)C1. The van der Waals surface area contributed by atoms with Crippen LogP contribution >= 0.6 is 12.4 Å². The first-order chi connectivity index (χ1) is 10.6. The van der Waals surface area contributed by atoms with Crippen molar-refractivity contribution in [2.45, 2.75) is 18.9 Å². The van der Waals surface area contributed by atoms with E-state index in [0.717, 1.165) is 12.8 Å². The monoisotopic (exact) mass is 342 g/mol. The number of halogens is 2. The van der Waals surface area contributed by atoms with Crippen LogP contribution in [0.2, 0.25) is 0 Å². The summed E-state index contributed by atoms with van der Waals surface area (Å²) in [5, 5.41) is 2.68. The third kappa shape index (κ3) is 3.56. The number of urea groups is 1. The number of rotatable bonds is 2. The van der Waals surface area contributed by atoms with Crippen molar-refractivity contribution in [1.82, 2.24) is 10.2 Å². The Morgan fingerprint density at radius 3 is 2.78 bits per heavy atom. The van der Waals surface area contributed by atoms with Crippen LogP contribution < -0.4 is 16.0 Å². The average molecular weight is 343 g/mol. The van der Waals surface area contributed by atoms with Gasteiger partial charge in [-0.25, -0.2) is 9.18 Å². The van der Waals surface area contributed by atoms with Crippen LogP contribution in [0.5, 0.6) is 0 Å². The van der Waals surface area contributed by atoms with Crippen LogP contribution in [0.15, 0.2) is 18.2 Å². The van der Waals surface area contributed by atoms with Gasteiger partial charge in [-0.15, -0.1) is 12.4 Å². The molecule has 2 fully saturated rings. The van der Waals surface area contributed by atoms with Crippen molar-refractivity contribution in [3.63, 3.8) is 0 Å². The Kier molecular flexibility index (Phi) is 5.43. The van der Waals surface area contributed by atoms with Crippen LogP contribution in [-0.4, -0.2) is 49.1 Å². The molecule has 0 aromatic heterocycles. The van der Waals surface area contributed by atoms with Gasteiger partial charge in [-0.2, -0.15) is 0 Å². The lowest BCUT2D eigenvalue weighted by atomic mass is 10.0. The summed E-state index contributed by atoms with van der Waals surface area (Å²) in [5.74, 6) is -0.943. The summed E-state index contributed by atoms with van der Waals surface area (Å²) in [6, 6.07) is 3.90. The highest BCUT2D eigenvalue weighted by Crippen LogP contribution is 2.22. The van der Waals surface area contributed by atoms with Crippen molar-refractivity contribution in [3.05, 3.63) is 29.6 Å². The lowest BCUT2D eigenvalue weighted by molar-refractivity contribution is 0.0704. The molecule has 8 heteroatoms. The van der Waals surface area contributed by atoms with Crippen molar-refractivity contribution < 1.29 is 14.0 Å². The zero-order valence-corrected chi connectivity index (χ0v) is 13.4. The van der Waals surface area contributed by atoms with E-state index in [2.05, 4.69) is 5.32 Å². The highest BCUT2D eigenvalue weighted by atomic mass is 35.5. The fraction of sp³-hybridized carbons (Fsp3) is 0.467. The summed E-state index contributed by atoms with van der Waals surface area (Å²) in [6.07, 6.45) is 1.70. The molecule has 0 radical (unpaired) electrons. The number of carbonyl (C=O) groups is 2. The molecule has 2 saturated heterocycles. The van der Waals surface area contributed by atoms with E-state index in [-0.39, 0.29) is 36.0 Å². The summed E-state index contributed by atoms with van der Waals surface area (Å²) in [7, 11) is 0. The van der Waals surface area contributed by atoms with E-state index in [9.17, 15) is 14.0 Å². The number of piperidine rings is 1. The Morgan fingerprint density at radius 1 is 1.35 bits per heavy atom. The molecule has 1 aromatic rings. The molecule has 0 aliphatic carbocycles. The van der Waals surface area contributed by atoms with Gasteiger partial charge in [-0.3, -0.25) is 9.69 Å². The van der Waals surface area contributed by atoms with Gasteiger partial charge < -0.3 is 16.0 Å². The number of nitrogens with two attached hydrogens (primary N) is 1. The molecule has 3 amide bonds. The summed E-state index contributed by atoms with van der Waals surface area (Å²) < 4.78 is 14.1. The first-order valence-corrected chi connectivity index (χ1v) is 7.46. The molecule has 1 aromatic carbocycles. The number of benzene rings is 1.